The second-order valence-electron chi connectivity index (χ2n) is 11.0. The minimum atomic E-state index is -1.19. The first-order valence-corrected chi connectivity index (χ1v) is 15.5. The van der Waals surface area contributed by atoms with Gasteiger partial charge in [0.05, 0.1) is 25.7 Å². The highest BCUT2D eigenvalue weighted by Crippen LogP contribution is 2.26. The lowest BCUT2D eigenvalue weighted by atomic mass is 10.1. The van der Waals surface area contributed by atoms with Crippen molar-refractivity contribution in [2.75, 3.05) is 59.0 Å². The first kappa shape index (κ1) is 38.0. The summed E-state index contributed by atoms with van der Waals surface area (Å²) in [6.07, 6.45) is 3.27. The summed E-state index contributed by atoms with van der Waals surface area (Å²) in [5, 5.41) is 37.8. The van der Waals surface area contributed by atoms with Gasteiger partial charge in [-0.25, -0.2) is 4.79 Å². The molecule has 0 saturated carbocycles. The van der Waals surface area contributed by atoms with Crippen LogP contribution in [0.4, 0.5) is 0 Å². The normalized spacial score (nSPS) is 12.0. The van der Waals surface area contributed by atoms with Crippen LogP contribution in [0.25, 0.3) is 0 Å². The van der Waals surface area contributed by atoms with Crippen LogP contribution in [-0.4, -0.2) is 124 Å². The van der Waals surface area contributed by atoms with Crippen LogP contribution in [0.3, 0.4) is 0 Å². The van der Waals surface area contributed by atoms with Crippen molar-refractivity contribution in [3.05, 3.63) is 59.2 Å². The number of carboxylic acid groups (broad SMARTS) is 4. The van der Waals surface area contributed by atoms with Crippen LogP contribution in [0.5, 0.6) is 11.5 Å². The number of likely N-dealkylation sites (N-methyl/N-ethyl adjacent to an activating group) is 1. The van der Waals surface area contributed by atoms with E-state index in [1.54, 1.807) is 11.0 Å². The highest BCUT2D eigenvalue weighted by molar-refractivity contribution is 5.91. The molecule has 0 aromatic heterocycles. The fourth-order valence-electron chi connectivity index (χ4n) is 5.04. The van der Waals surface area contributed by atoms with Gasteiger partial charge >= 0.3 is 23.9 Å². The maximum Gasteiger partial charge on any atom is 0.339 e. The zero-order chi connectivity index (χ0) is 34.1. The van der Waals surface area contributed by atoms with E-state index in [2.05, 4.69) is 19.1 Å². The topological polar surface area (TPSA) is 177 Å². The number of benzene rings is 2. The van der Waals surface area contributed by atoms with Crippen molar-refractivity contribution in [2.24, 2.45) is 0 Å². The molecule has 4 N–H and O–H groups in total. The molecule has 0 bridgehead atoms. The lowest BCUT2D eigenvalue weighted by Gasteiger charge is -2.34. The van der Waals surface area contributed by atoms with Gasteiger partial charge < -0.3 is 29.9 Å². The van der Waals surface area contributed by atoms with Crippen LogP contribution >= 0.6 is 0 Å². The molecule has 0 aliphatic rings. The highest BCUT2D eigenvalue weighted by Gasteiger charge is 2.24. The van der Waals surface area contributed by atoms with Crippen molar-refractivity contribution in [2.45, 2.75) is 52.7 Å². The van der Waals surface area contributed by atoms with Crippen LogP contribution < -0.4 is 9.47 Å². The quantitative estimate of drug-likeness (QED) is 0.131. The predicted molar refractivity (Wildman–Crippen MR) is 171 cm³/mol. The van der Waals surface area contributed by atoms with E-state index in [1.807, 2.05) is 30.9 Å². The summed E-state index contributed by atoms with van der Waals surface area (Å²) in [6, 6.07) is 12.4. The number of carbonyl (C=O) groups is 4. The Morgan fingerprint density at radius 3 is 1.85 bits per heavy atom. The van der Waals surface area contributed by atoms with Crippen molar-refractivity contribution in [1.82, 2.24) is 14.7 Å². The Balaban J connectivity index is 2.15. The second-order valence-corrected chi connectivity index (χ2v) is 11.0. The second kappa shape index (κ2) is 20.0. The minimum absolute atomic E-state index is 0.0192. The number of nitrogens with zero attached hydrogens (tertiary/aromatic N) is 3. The molecule has 1 atom stereocenters. The third kappa shape index (κ3) is 13.8. The summed E-state index contributed by atoms with van der Waals surface area (Å²) >= 11 is 0. The van der Waals surface area contributed by atoms with Crippen molar-refractivity contribution in [3.8, 4) is 11.5 Å². The summed E-state index contributed by atoms with van der Waals surface area (Å²) in [6.45, 7) is 6.49. The van der Waals surface area contributed by atoms with Crippen LogP contribution in [0.2, 0.25) is 0 Å². The summed E-state index contributed by atoms with van der Waals surface area (Å²) in [5.74, 6) is -4.16. The number of rotatable bonds is 24. The van der Waals surface area contributed by atoms with Gasteiger partial charge in [-0.3, -0.25) is 29.1 Å². The van der Waals surface area contributed by atoms with E-state index in [-0.39, 0.29) is 56.7 Å². The third-order valence-electron chi connectivity index (χ3n) is 7.47. The van der Waals surface area contributed by atoms with E-state index in [0.717, 1.165) is 24.8 Å². The first-order chi connectivity index (χ1) is 21.9. The smallest absolute Gasteiger partial charge is 0.339 e. The maximum atomic E-state index is 12.2. The number of unbranched alkanes of at least 4 members (excludes halogenated alkanes) is 1. The van der Waals surface area contributed by atoms with Gasteiger partial charge in [0, 0.05) is 19.6 Å². The number of aliphatic carboxylic acids is 3. The molecule has 13 heteroatoms. The van der Waals surface area contributed by atoms with E-state index in [1.165, 1.54) is 22.6 Å². The monoisotopic (exact) mass is 645 g/mol. The Morgan fingerprint density at radius 1 is 0.739 bits per heavy atom. The average molecular weight is 646 g/mol. The average Bonchev–Trinajstić information content (AvgIpc) is 3.00. The molecule has 2 aromatic carbocycles. The van der Waals surface area contributed by atoms with Crippen LogP contribution in [0, 0.1) is 0 Å². The Hall–Kier alpha value is -4.20. The largest absolute Gasteiger partial charge is 0.491 e. The van der Waals surface area contributed by atoms with E-state index >= 15 is 0 Å². The molecule has 2 aromatic rings. The summed E-state index contributed by atoms with van der Waals surface area (Å²) in [5.41, 5.74) is 2.14. The number of hydrogen-bond donors (Lipinski definition) is 4. The molecule has 46 heavy (non-hydrogen) atoms. The van der Waals surface area contributed by atoms with Gasteiger partial charge in [0.2, 0.25) is 0 Å². The Labute approximate surface area is 269 Å². The van der Waals surface area contributed by atoms with Gasteiger partial charge in [-0.15, -0.1) is 0 Å². The molecule has 2 rings (SSSR count). The zero-order valence-corrected chi connectivity index (χ0v) is 26.9. The third-order valence-corrected chi connectivity index (χ3v) is 7.47. The molecule has 0 aliphatic carbocycles. The standard InChI is InChI=1S/C33H47N3O10/c1-4-7-8-24-9-11-25(12-10-24)22-45-27-13-14-29(28(17-27)33(43)44)46-23-26(36(5-2)6-3)18-34(19-30(37)38)15-16-35(20-31(39)40)21-32(41)42/h9-14,17,26H,4-8,15-16,18-23H2,1-3H3,(H,37,38)(H,39,40)(H,41,42)(H,43,44). The fraction of sp³-hybridized carbons (Fsp3) is 0.515. The van der Waals surface area contributed by atoms with Gasteiger partial charge in [0.15, 0.2) is 0 Å². The Bertz CT molecular complexity index is 1250. The first-order valence-electron chi connectivity index (χ1n) is 15.5. The number of aryl methyl sites for hydroxylation is 1. The molecule has 13 nitrogen and oxygen atoms in total. The van der Waals surface area contributed by atoms with E-state index in [9.17, 15) is 29.4 Å². The molecule has 0 aliphatic heterocycles. The predicted octanol–water partition coefficient (Wildman–Crippen LogP) is 3.25. The molecular formula is C33H47N3O10. The van der Waals surface area contributed by atoms with E-state index in [0.29, 0.717) is 18.8 Å². The van der Waals surface area contributed by atoms with Crippen molar-refractivity contribution >= 4 is 23.9 Å². The zero-order valence-electron chi connectivity index (χ0n) is 26.9. The number of carboxylic acids is 4. The van der Waals surface area contributed by atoms with Gasteiger partial charge in [-0.2, -0.15) is 0 Å². The van der Waals surface area contributed by atoms with E-state index < -0.39 is 37.0 Å². The van der Waals surface area contributed by atoms with Crippen LogP contribution in [-0.2, 0) is 27.4 Å². The molecule has 0 amide bonds. The molecule has 0 radical (unpaired) electrons. The number of ether oxygens (including phenoxy) is 2. The lowest BCUT2D eigenvalue weighted by Crippen LogP contribution is -2.50. The molecule has 0 heterocycles. The van der Waals surface area contributed by atoms with Gasteiger partial charge in [-0.1, -0.05) is 51.5 Å². The van der Waals surface area contributed by atoms with Crippen LogP contribution in [0.1, 0.15) is 55.1 Å². The molecule has 1 unspecified atom stereocenters. The van der Waals surface area contributed by atoms with Gasteiger partial charge in [-0.05, 0) is 55.3 Å². The fourth-order valence-corrected chi connectivity index (χ4v) is 5.04. The molecule has 0 fully saturated rings. The Kier molecular flexibility index (Phi) is 16.5. The highest BCUT2D eigenvalue weighted by atomic mass is 16.5. The lowest BCUT2D eigenvalue weighted by molar-refractivity contribution is -0.143. The molecule has 0 saturated heterocycles. The molecule has 254 valence electrons. The minimum Gasteiger partial charge on any atom is -0.491 e. The summed E-state index contributed by atoms with van der Waals surface area (Å²) in [4.78, 5) is 51.1. The van der Waals surface area contributed by atoms with Crippen molar-refractivity contribution in [3.63, 3.8) is 0 Å². The van der Waals surface area contributed by atoms with Crippen molar-refractivity contribution in [1.29, 1.82) is 0 Å². The summed E-state index contributed by atoms with van der Waals surface area (Å²) in [7, 11) is 0. The number of hydrogen-bond acceptors (Lipinski definition) is 9. The summed E-state index contributed by atoms with van der Waals surface area (Å²) < 4.78 is 11.9. The number of aromatic carboxylic acids is 1. The van der Waals surface area contributed by atoms with Crippen LogP contribution in [0.15, 0.2) is 42.5 Å². The Morgan fingerprint density at radius 2 is 1.30 bits per heavy atom. The molecular weight excluding hydrogens is 598 g/mol. The van der Waals surface area contributed by atoms with Crippen molar-refractivity contribution < 1.29 is 49.1 Å². The van der Waals surface area contributed by atoms with Gasteiger partial charge in [0.1, 0.15) is 30.3 Å². The van der Waals surface area contributed by atoms with E-state index in [4.69, 9.17) is 19.7 Å². The SMILES string of the molecule is CCCCc1ccc(COc2ccc(OCC(CN(CCN(CC(=O)O)CC(=O)O)CC(=O)O)N(CC)CC)c(C(=O)O)c2)cc1. The van der Waals surface area contributed by atoms with Gasteiger partial charge in [0.25, 0.3) is 0 Å². The molecule has 0 spiro atoms. The maximum absolute atomic E-state index is 12.2.